The van der Waals surface area contributed by atoms with E-state index in [9.17, 15) is 0 Å². The van der Waals surface area contributed by atoms with Crippen LogP contribution in [0.4, 0.5) is 0 Å². The number of hydrogen-bond acceptors (Lipinski definition) is 4. The van der Waals surface area contributed by atoms with E-state index < -0.39 is 0 Å². The highest BCUT2D eigenvalue weighted by molar-refractivity contribution is 6.31. The minimum atomic E-state index is -0.178. The molecular formula is C13H16ClN3O. The van der Waals surface area contributed by atoms with Gasteiger partial charge in [0.25, 0.3) is 0 Å². The van der Waals surface area contributed by atoms with Crippen LogP contribution in [0.3, 0.4) is 0 Å². The largest absolute Gasteiger partial charge is 0.338 e. The summed E-state index contributed by atoms with van der Waals surface area (Å²) in [6.07, 6.45) is 2.39. The van der Waals surface area contributed by atoms with Gasteiger partial charge in [-0.15, -0.1) is 0 Å². The molecule has 0 spiro atoms. The Morgan fingerprint density at radius 1 is 1.39 bits per heavy atom. The van der Waals surface area contributed by atoms with E-state index in [0.717, 1.165) is 18.4 Å². The molecular weight excluding hydrogens is 250 g/mol. The van der Waals surface area contributed by atoms with Gasteiger partial charge in [-0.25, -0.2) is 0 Å². The van der Waals surface area contributed by atoms with Gasteiger partial charge in [-0.1, -0.05) is 48.3 Å². The van der Waals surface area contributed by atoms with Gasteiger partial charge in [-0.3, -0.25) is 0 Å². The summed E-state index contributed by atoms with van der Waals surface area (Å²) in [5.74, 6) is 1.11. The standard InChI is InChI=1S/C13H16ClN3O/c1-2-5-11(15)13-16-12(17-18-13)8-9-6-3-4-7-10(9)14/h3-4,6-7,11H,2,5,8,15H2,1H3/t11-/m0/s1. The van der Waals surface area contributed by atoms with E-state index in [1.807, 2.05) is 24.3 Å². The van der Waals surface area contributed by atoms with Crippen molar-refractivity contribution in [3.05, 3.63) is 46.6 Å². The summed E-state index contributed by atoms with van der Waals surface area (Å²) >= 11 is 6.08. The van der Waals surface area contributed by atoms with Crippen LogP contribution >= 0.6 is 11.6 Å². The molecule has 1 aromatic carbocycles. The molecule has 2 N–H and O–H groups in total. The van der Waals surface area contributed by atoms with Gasteiger partial charge in [0, 0.05) is 11.4 Å². The van der Waals surface area contributed by atoms with Crippen LogP contribution < -0.4 is 5.73 Å². The maximum atomic E-state index is 6.08. The van der Waals surface area contributed by atoms with Crippen LogP contribution in [-0.2, 0) is 6.42 Å². The van der Waals surface area contributed by atoms with Gasteiger partial charge < -0.3 is 10.3 Å². The summed E-state index contributed by atoms with van der Waals surface area (Å²) < 4.78 is 5.16. The van der Waals surface area contributed by atoms with E-state index in [1.165, 1.54) is 0 Å². The topological polar surface area (TPSA) is 64.9 Å². The molecule has 0 aliphatic rings. The molecule has 4 nitrogen and oxygen atoms in total. The Morgan fingerprint density at radius 2 is 2.17 bits per heavy atom. The normalized spacial score (nSPS) is 12.6. The predicted octanol–water partition coefficient (Wildman–Crippen LogP) is 3.11. The second-order valence-electron chi connectivity index (χ2n) is 4.21. The quantitative estimate of drug-likeness (QED) is 0.902. The third-order valence-corrected chi connectivity index (χ3v) is 3.08. The zero-order chi connectivity index (χ0) is 13.0. The van der Waals surface area contributed by atoms with E-state index >= 15 is 0 Å². The molecule has 0 unspecified atom stereocenters. The third kappa shape index (κ3) is 3.09. The lowest BCUT2D eigenvalue weighted by molar-refractivity contribution is 0.345. The average Bonchev–Trinajstić information content (AvgIpc) is 2.81. The highest BCUT2D eigenvalue weighted by atomic mass is 35.5. The van der Waals surface area contributed by atoms with Crippen LogP contribution in [-0.4, -0.2) is 10.1 Å². The Labute approximate surface area is 111 Å². The second-order valence-corrected chi connectivity index (χ2v) is 4.62. The fraction of sp³-hybridized carbons (Fsp3) is 0.385. The minimum absolute atomic E-state index is 0.178. The summed E-state index contributed by atoms with van der Waals surface area (Å²) in [5, 5.41) is 4.64. The number of halogens is 1. The lowest BCUT2D eigenvalue weighted by Crippen LogP contribution is -2.10. The first kappa shape index (κ1) is 13.1. The van der Waals surface area contributed by atoms with Crippen LogP contribution in [0, 0.1) is 0 Å². The first-order valence-electron chi connectivity index (χ1n) is 6.02. The maximum Gasteiger partial charge on any atom is 0.243 e. The summed E-state index contributed by atoms with van der Waals surface area (Å²) in [6, 6.07) is 7.45. The van der Waals surface area contributed by atoms with Gasteiger partial charge in [0.15, 0.2) is 5.82 Å². The van der Waals surface area contributed by atoms with Crippen LogP contribution in [0.1, 0.15) is 43.1 Å². The van der Waals surface area contributed by atoms with Crippen LogP contribution in [0.5, 0.6) is 0 Å². The Morgan fingerprint density at radius 3 is 2.89 bits per heavy atom. The first-order valence-corrected chi connectivity index (χ1v) is 6.40. The van der Waals surface area contributed by atoms with Gasteiger partial charge >= 0.3 is 0 Å². The van der Waals surface area contributed by atoms with Crippen molar-refractivity contribution in [1.29, 1.82) is 0 Å². The Kier molecular flexibility index (Phi) is 4.33. The fourth-order valence-corrected chi connectivity index (χ4v) is 1.94. The van der Waals surface area contributed by atoms with E-state index in [1.54, 1.807) is 0 Å². The molecule has 1 heterocycles. The fourth-order valence-electron chi connectivity index (χ4n) is 1.74. The molecule has 18 heavy (non-hydrogen) atoms. The highest BCUT2D eigenvalue weighted by Gasteiger charge is 2.14. The molecule has 5 heteroatoms. The van der Waals surface area contributed by atoms with Crippen molar-refractivity contribution in [3.63, 3.8) is 0 Å². The van der Waals surface area contributed by atoms with Crippen LogP contribution in [0.25, 0.3) is 0 Å². The molecule has 0 aliphatic carbocycles. The number of rotatable bonds is 5. The van der Waals surface area contributed by atoms with Crippen molar-refractivity contribution in [2.24, 2.45) is 5.73 Å². The van der Waals surface area contributed by atoms with Crippen LogP contribution in [0.15, 0.2) is 28.8 Å². The Balaban J connectivity index is 2.09. The van der Waals surface area contributed by atoms with Gasteiger partial charge in [-0.05, 0) is 18.1 Å². The van der Waals surface area contributed by atoms with Crippen molar-refractivity contribution >= 4 is 11.6 Å². The molecule has 2 aromatic rings. The molecule has 0 amide bonds. The zero-order valence-electron chi connectivity index (χ0n) is 10.3. The van der Waals surface area contributed by atoms with Crippen molar-refractivity contribution in [2.45, 2.75) is 32.2 Å². The third-order valence-electron chi connectivity index (χ3n) is 2.71. The van der Waals surface area contributed by atoms with E-state index in [4.69, 9.17) is 21.9 Å². The number of aromatic nitrogens is 2. The summed E-state index contributed by atoms with van der Waals surface area (Å²) in [7, 11) is 0. The van der Waals surface area contributed by atoms with Crippen molar-refractivity contribution in [2.75, 3.05) is 0 Å². The number of nitrogens with two attached hydrogens (primary N) is 1. The highest BCUT2D eigenvalue weighted by Crippen LogP contribution is 2.19. The molecule has 2 rings (SSSR count). The maximum absolute atomic E-state index is 6.08. The molecule has 0 aliphatic heterocycles. The summed E-state index contributed by atoms with van der Waals surface area (Å²) in [5.41, 5.74) is 6.90. The Bertz CT molecular complexity index is 512. The number of nitrogens with zero attached hydrogens (tertiary/aromatic N) is 2. The van der Waals surface area contributed by atoms with E-state index in [2.05, 4.69) is 17.1 Å². The summed E-state index contributed by atoms with van der Waals surface area (Å²) in [4.78, 5) is 4.30. The van der Waals surface area contributed by atoms with E-state index in [0.29, 0.717) is 23.2 Å². The lowest BCUT2D eigenvalue weighted by atomic mass is 10.1. The van der Waals surface area contributed by atoms with Crippen molar-refractivity contribution < 1.29 is 4.52 Å². The molecule has 1 aromatic heterocycles. The minimum Gasteiger partial charge on any atom is -0.338 e. The molecule has 96 valence electrons. The molecule has 0 saturated carbocycles. The number of hydrogen-bond donors (Lipinski definition) is 1. The first-order chi connectivity index (χ1) is 8.70. The Hall–Kier alpha value is -1.39. The van der Waals surface area contributed by atoms with Crippen molar-refractivity contribution in [1.82, 2.24) is 10.1 Å². The van der Waals surface area contributed by atoms with Gasteiger partial charge in [0.05, 0.1) is 6.04 Å². The smallest absolute Gasteiger partial charge is 0.243 e. The van der Waals surface area contributed by atoms with Gasteiger partial charge in [-0.2, -0.15) is 4.98 Å². The van der Waals surface area contributed by atoms with Gasteiger partial charge in [0.1, 0.15) is 0 Å². The van der Waals surface area contributed by atoms with Gasteiger partial charge in [0.2, 0.25) is 5.89 Å². The second kappa shape index (κ2) is 5.98. The van der Waals surface area contributed by atoms with E-state index in [-0.39, 0.29) is 6.04 Å². The molecule has 1 atom stereocenters. The molecule has 0 radical (unpaired) electrons. The summed E-state index contributed by atoms with van der Waals surface area (Å²) in [6.45, 7) is 2.07. The molecule has 0 bridgehead atoms. The zero-order valence-corrected chi connectivity index (χ0v) is 11.0. The predicted molar refractivity (Wildman–Crippen MR) is 70.4 cm³/mol. The lowest BCUT2D eigenvalue weighted by Gasteiger charge is -2.02. The van der Waals surface area contributed by atoms with Crippen molar-refractivity contribution in [3.8, 4) is 0 Å². The van der Waals surface area contributed by atoms with Crippen LogP contribution in [0.2, 0.25) is 5.02 Å². The average molecular weight is 266 g/mol. The number of benzene rings is 1. The SMILES string of the molecule is CCC[C@H](N)c1nc(Cc2ccccc2Cl)no1. The molecule has 0 fully saturated rings. The monoisotopic (exact) mass is 265 g/mol. The molecule has 0 saturated heterocycles.